The molecule has 3 heterocycles. The van der Waals surface area contributed by atoms with Crippen LogP contribution in [0.4, 0.5) is 0 Å². The number of hydrogen-bond acceptors (Lipinski definition) is 3. The van der Waals surface area contributed by atoms with Gasteiger partial charge in [0.15, 0.2) is 5.82 Å². The lowest BCUT2D eigenvalue weighted by Crippen LogP contribution is -1.90. The molecule has 6 heteroatoms. The van der Waals surface area contributed by atoms with Crippen molar-refractivity contribution in [3.05, 3.63) is 65.2 Å². The molecule has 4 rings (SSSR count). The maximum atomic E-state index is 6.09. The van der Waals surface area contributed by atoms with Crippen LogP contribution in [0.5, 0.6) is 0 Å². The topological polar surface area (TPSA) is 54.5 Å². The number of aromatic nitrogens is 4. The van der Waals surface area contributed by atoms with E-state index in [9.17, 15) is 0 Å². The molecule has 0 amide bonds. The number of fused-ring (bicyclic) bond motifs is 1. The lowest BCUT2D eigenvalue weighted by molar-refractivity contribution is 1.18. The summed E-state index contributed by atoms with van der Waals surface area (Å²) in [5.41, 5.74) is 3.60. The van der Waals surface area contributed by atoms with Crippen LogP contribution in [0.15, 0.2) is 55.0 Å². The molecule has 0 atom stereocenters. The average molecular weight is 341 g/mol. The van der Waals surface area contributed by atoms with Gasteiger partial charge in [-0.1, -0.05) is 41.4 Å². The highest BCUT2D eigenvalue weighted by atomic mass is 35.5. The zero-order chi connectivity index (χ0) is 15.8. The van der Waals surface area contributed by atoms with Gasteiger partial charge >= 0.3 is 0 Å². The lowest BCUT2D eigenvalue weighted by Gasteiger charge is -2.04. The van der Waals surface area contributed by atoms with Gasteiger partial charge in [0.25, 0.3) is 0 Å². The Labute approximate surface area is 142 Å². The first-order valence-corrected chi connectivity index (χ1v) is 7.68. The van der Waals surface area contributed by atoms with E-state index >= 15 is 0 Å². The first-order chi connectivity index (χ1) is 11.2. The second-order valence-corrected chi connectivity index (χ2v) is 5.84. The number of pyridine rings is 1. The molecule has 4 nitrogen and oxygen atoms in total. The van der Waals surface area contributed by atoms with E-state index < -0.39 is 0 Å². The van der Waals surface area contributed by atoms with Crippen molar-refractivity contribution in [2.24, 2.45) is 0 Å². The molecule has 1 aromatic carbocycles. The fourth-order valence-electron chi connectivity index (χ4n) is 2.60. The zero-order valence-electron chi connectivity index (χ0n) is 11.8. The third kappa shape index (κ3) is 2.56. The molecule has 0 saturated heterocycles. The Morgan fingerprint density at radius 1 is 1.00 bits per heavy atom. The minimum absolute atomic E-state index is 0.399. The number of halogens is 2. The molecule has 23 heavy (non-hydrogen) atoms. The van der Waals surface area contributed by atoms with Crippen LogP contribution in [0, 0.1) is 0 Å². The predicted octanol–water partition coefficient (Wildman–Crippen LogP) is 4.99. The summed E-state index contributed by atoms with van der Waals surface area (Å²) >= 11 is 12.1. The van der Waals surface area contributed by atoms with E-state index in [1.165, 1.54) is 0 Å². The molecule has 0 unspecified atom stereocenters. The van der Waals surface area contributed by atoms with Gasteiger partial charge in [-0.15, -0.1) is 0 Å². The summed E-state index contributed by atoms with van der Waals surface area (Å²) in [4.78, 5) is 16.3. The van der Waals surface area contributed by atoms with Crippen molar-refractivity contribution in [1.82, 2.24) is 19.9 Å². The molecule has 112 valence electrons. The van der Waals surface area contributed by atoms with Crippen LogP contribution in [0.2, 0.25) is 10.2 Å². The van der Waals surface area contributed by atoms with Crippen LogP contribution < -0.4 is 0 Å². The summed E-state index contributed by atoms with van der Waals surface area (Å²) in [6.07, 6.45) is 5.00. The van der Waals surface area contributed by atoms with Gasteiger partial charge in [0.1, 0.15) is 5.15 Å². The van der Waals surface area contributed by atoms with E-state index in [1.54, 1.807) is 24.7 Å². The summed E-state index contributed by atoms with van der Waals surface area (Å²) < 4.78 is 0. The number of hydrogen-bond donors (Lipinski definition) is 1. The molecule has 0 radical (unpaired) electrons. The molecular formula is C17H10Cl2N4. The van der Waals surface area contributed by atoms with Crippen LogP contribution in [0.25, 0.3) is 33.5 Å². The second-order valence-electron chi connectivity index (χ2n) is 5.02. The first-order valence-electron chi connectivity index (χ1n) is 6.93. The Balaban J connectivity index is 2.06. The number of H-pyrrole nitrogens is 1. The van der Waals surface area contributed by atoms with Crippen molar-refractivity contribution < 1.29 is 0 Å². The summed E-state index contributed by atoms with van der Waals surface area (Å²) in [6, 6.07) is 11.5. The molecule has 0 spiro atoms. The van der Waals surface area contributed by atoms with Crippen molar-refractivity contribution >= 4 is 34.1 Å². The van der Waals surface area contributed by atoms with E-state index in [-0.39, 0.29) is 0 Å². The standard InChI is InChI=1S/C17H10Cl2N4/c18-11-7-10(8-20-9-11)16-15(17-21-6-5-14(19)23-17)12-3-1-2-4-13(12)22-16/h1-9,22H. The molecule has 0 bridgehead atoms. The predicted molar refractivity (Wildman–Crippen MR) is 92.6 cm³/mol. The van der Waals surface area contributed by atoms with Crippen molar-refractivity contribution in [2.75, 3.05) is 0 Å². The molecule has 3 aromatic heterocycles. The van der Waals surface area contributed by atoms with Gasteiger partial charge in [-0.2, -0.15) is 0 Å². The van der Waals surface area contributed by atoms with Crippen molar-refractivity contribution in [2.45, 2.75) is 0 Å². The molecule has 0 fully saturated rings. The smallest absolute Gasteiger partial charge is 0.163 e. The Kier molecular flexibility index (Phi) is 3.48. The molecule has 4 aromatic rings. The number of para-hydroxylation sites is 1. The van der Waals surface area contributed by atoms with Gasteiger partial charge in [-0.25, -0.2) is 9.97 Å². The Morgan fingerprint density at radius 3 is 2.70 bits per heavy atom. The summed E-state index contributed by atoms with van der Waals surface area (Å²) in [6.45, 7) is 0. The zero-order valence-corrected chi connectivity index (χ0v) is 13.3. The van der Waals surface area contributed by atoms with Gasteiger partial charge in [0.05, 0.1) is 16.3 Å². The monoisotopic (exact) mass is 340 g/mol. The van der Waals surface area contributed by atoms with Crippen LogP contribution in [0.3, 0.4) is 0 Å². The Hall–Kier alpha value is -2.43. The molecule has 0 saturated carbocycles. The third-order valence-electron chi connectivity index (χ3n) is 3.54. The molecule has 0 aliphatic rings. The number of rotatable bonds is 2. The molecular weight excluding hydrogens is 331 g/mol. The first kappa shape index (κ1) is 14.2. The van der Waals surface area contributed by atoms with E-state index in [4.69, 9.17) is 23.2 Å². The van der Waals surface area contributed by atoms with Crippen molar-refractivity contribution in [1.29, 1.82) is 0 Å². The maximum absolute atomic E-state index is 6.09. The highest BCUT2D eigenvalue weighted by Gasteiger charge is 2.17. The summed E-state index contributed by atoms with van der Waals surface area (Å²) in [5, 5.41) is 1.99. The van der Waals surface area contributed by atoms with E-state index in [0.29, 0.717) is 16.0 Å². The largest absolute Gasteiger partial charge is 0.354 e. The maximum Gasteiger partial charge on any atom is 0.163 e. The van der Waals surface area contributed by atoms with Crippen LogP contribution >= 0.6 is 23.2 Å². The summed E-state index contributed by atoms with van der Waals surface area (Å²) in [7, 11) is 0. The minimum Gasteiger partial charge on any atom is -0.354 e. The van der Waals surface area contributed by atoms with Crippen LogP contribution in [-0.4, -0.2) is 19.9 Å². The fourth-order valence-corrected chi connectivity index (χ4v) is 2.91. The van der Waals surface area contributed by atoms with E-state index in [0.717, 1.165) is 27.7 Å². The minimum atomic E-state index is 0.399. The van der Waals surface area contributed by atoms with E-state index in [1.807, 2.05) is 30.3 Å². The number of benzene rings is 1. The number of nitrogens with zero attached hydrogens (tertiary/aromatic N) is 3. The average Bonchev–Trinajstić information content (AvgIpc) is 2.94. The molecule has 0 aliphatic carbocycles. The molecule has 0 aliphatic heterocycles. The Morgan fingerprint density at radius 2 is 1.87 bits per heavy atom. The highest BCUT2D eigenvalue weighted by molar-refractivity contribution is 6.30. The van der Waals surface area contributed by atoms with Gasteiger partial charge in [-0.3, -0.25) is 4.98 Å². The van der Waals surface area contributed by atoms with Crippen LogP contribution in [0.1, 0.15) is 0 Å². The van der Waals surface area contributed by atoms with Gasteiger partial charge < -0.3 is 4.98 Å². The van der Waals surface area contributed by atoms with E-state index in [2.05, 4.69) is 19.9 Å². The summed E-state index contributed by atoms with van der Waals surface area (Å²) in [5.74, 6) is 0.560. The van der Waals surface area contributed by atoms with Crippen molar-refractivity contribution in [3.63, 3.8) is 0 Å². The van der Waals surface area contributed by atoms with Gasteiger partial charge in [0.2, 0.25) is 0 Å². The second kappa shape index (κ2) is 5.65. The lowest BCUT2D eigenvalue weighted by atomic mass is 10.1. The highest BCUT2D eigenvalue weighted by Crippen LogP contribution is 2.37. The number of nitrogens with one attached hydrogen (secondary N) is 1. The Bertz CT molecular complexity index is 1010. The third-order valence-corrected chi connectivity index (χ3v) is 3.96. The molecule has 1 N–H and O–H groups in total. The van der Waals surface area contributed by atoms with Crippen LogP contribution in [-0.2, 0) is 0 Å². The SMILES string of the molecule is Clc1cncc(-c2[nH]c3ccccc3c2-c2nccc(Cl)n2)c1. The quantitative estimate of drug-likeness (QED) is 0.522. The normalized spacial score (nSPS) is 11.0. The number of aromatic amines is 1. The van der Waals surface area contributed by atoms with Gasteiger partial charge in [-0.05, 0) is 18.2 Å². The van der Waals surface area contributed by atoms with Gasteiger partial charge in [0, 0.05) is 35.1 Å². The fraction of sp³-hybridized carbons (Fsp3) is 0. The van der Waals surface area contributed by atoms with Crippen molar-refractivity contribution in [3.8, 4) is 22.6 Å².